The van der Waals surface area contributed by atoms with Crippen molar-refractivity contribution in [1.29, 1.82) is 0 Å². The average Bonchev–Trinajstić information content (AvgIpc) is 2.75. The molecule has 0 N–H and O–H groups in total. The summed E-state index contributed by atoms with van der Waals surface area (Å²) in [6.45, 7) is 12.8. The molecule has 5 nitrogen and oxygen atoms in total. The summed E-state index contributed by atoms with van der Waals surface area (Å²) in [5.41, 5.74) is -0.360. The third kappa shape index (κ3) is 6.07. The average molecular weight is 547 g/mol. The topological polar surface area (TPSA) is 61.8 Å². The first-order valence-electron chi connectivity index (χ1n) is 11.5. The van der Waals surface area contributed by atoms with E-state index in [0.717, 1.165) is 12.1 Å². The molecule has 10 heteroatoms. The van der Waals surface area contributed by atoms with E-state index in [1.807, 2.05) is 0 Å². The second kappa shape index (κ2) is 10.5. The van der Waals surface area contributed by atoms with E-state index >= 15 is 0 Å². The van der Waals surface area contributed by atoms with E-state index in [9.17, 15) is 17.2 Å². The summed E-state index contributed by atoms with van der Waals surface area (Å²) < 4.78 is 74.6. The first-order chi connectivity index (χ1) is 16.1. The number of fused-ring (bicyclic) bond motifs is 1. The quantitative estimate of drug-likeness (QED) is 0.344. The molecule has 0 saturated carbocycles. The molecule has 194 valence electrons. The van der Waals surface area contributed by atoms with Gasteiger partial charge < -0.3 is 13.9 Å². The van der Waals surface area contributed by atoms with E-state index in [4.69, 9.17) is 25.5 Å². The maximum atomic E-state index is 15.0. The standard InChI is InChI=1S/C25H33ClF2O5SSi/c1-16(13-14-32-35(5,6)25(2,3)4)33-21-15-31-23-20(28)12-11-19(27)22(23)24(21)34(29,30)18-9-7-17(26)8-10-18/h7-12,16,21,24H,13-15H2,1-6H3/t16-,21?,24?/m1/s1. The number of rotatable bonds is 8. The van der Waals surface area contributed by atoms with Gasteiger partial charge in [0.05, 0.1) is 16.6 Å². The summed E-state index contributed by atoms with van der Waals surface area (Å²) in [7, 11) is -6.14. The molecular weight excluding hydrogens is 514 g/mol. The van der Waals surface area contributed by atoms with Crippen LogP contribution in [0.3, 0.4) is 0 Å². The molecule has 2 unspecified atom stereocenters. The monoisotopic (exact) mass is 546 g/mol. The van der Waals surface area contributed by atoms with Crippen LogP contribution in [0.25, 0.3) is 0 Å². The van der Waals surface area contributed by atoms with Gasteiger partial charge in [0.25, 0.3) is 0 Å². The SMILES string of the molecule is C[C@H](CCO[Si](C)(C)C(C)(C)C)OC1COc2c(F)ccc(F)c2C1S(=O)(=O)c1ccc(Cl)cc1. The van der Waals surface area contributed by atoms with Crippen LogP contribution in [0.5, 0.6) is 5.75 Å². The Morgan fingerprint density at radius 3 is 2.31 bits per heavy atom. The van der Waals surface area contributed by atoms with Gasteiger partial charge in [0.1, 0.15) is 23.8 Å². The van der Waals surface area contributed by atoms with Crippen molar-refractivity contribution in [3.05, 3.63) is 58.6 Å². The molecule has 0 radical (unpaired) electrons. The minimum atomic E-state index is -4.18. The lowest BCUT2D eigenvalue weighted by Gasteiger charge is -2.37. The molecule has 2 aromatic rings. The van der Waals surface area contributed by atoms with Gasteiger partial charge in [-0.05, 0) is 67.9 Å². The fourth-order valence-corrected chi connectivity index (χ4v) is 6.77. The van der Waals surface area contributed by atoms with Crippen molar-refractivity contribution >= 4 is 29.8 Å². The Labute approximate surface area is 212 Å². The Morgan fingerprint density at radius 2 is 1.71 bits per heavy atom. The van der Waals surface area contributed by atoms with Crippen LogP contribution >= 0.6 is 11.6 Å². The summed E-state index contributed by atoms with van der Waals surface area (Å²) >= 11 is 5.92. The Morgan fingerprint density at radius 1 is 1.11 bits per heavy atom. The highest BCUT2D eigenvalue weighted by Crippen LogP contribution is 2.44. The van der Waals surface area contributed by atoms with E-state index in [1.165, 1.54) is 24.3 Å². The highest BCUT2D eigenvalue weighted by atomic mass is 35.5. The maximum absolute atomic E-state index is 15.0. The molecule has 1 aliphatic heterocycles. The van der Waals surface area contributed by atoms with Gasteiger partial charge in [-0.3, -0.25) is 0 Å². The fraction of sp³-hybridized carbons (Fsp3) is 0.520. The third-order valence-corrected chi connectivity index (χ3v) is 13.7. The van der Waals surface area contributed by atoms with Gasteiger partial charge in [-0.1, -0.05) is 32.4 Å². The molecule has 0 fully saturated rings. The normalized spacial score (nSPS) is 19.7. The van der Waals surface area contributed by atoms with Crippen molar-refractivity contribution in [2.75, 3.05) is 13.2 Å². The molecule has 1 heterocycles. The van der Waals surface area contributed by atoms with Crippen LogP contribution in [0, 0.1) is 11.6 Å². The molecular formula is C25H33ClF2O5SSi. The molecule has 1 aliphatic rings. The lowest BCUT2D eigenvalue weighted by Crippen LogP contribution is -2.42. The zero-order valence-corrected chi connectivity index (χ0v) is 23.5. The van der Waals surface area contributed by atoms with Crippen molar-refractivity contribution in [2.24, 2.45) is 0 Å². The maximum Gasteiger partial charge on any atom is 0.191 e. The summed E-state index contributed by atoms with van der Waals surface area (Å²) in [4.78, 5) is -0.0640. The van der Waals surface area contributed by atoms with Gasteiger partial charge in [0.2, 0.25) is 0 Å². The summed E-state index contributed by atoms with van der Waals surface area (Å²) in [5, 5.41) is -1.08. The number of ether oxygens (including phenoxy) is 2. The van der Waals surface area contributed by atoms with E-state index in [0.29, 0.717) is 18.1 Å². The lowest BCUT2D eigenvalue weighted by atomic mass is 10.0. The zero-order valence-electron chi connectivity index (χ0n) is 20.9. The van der Waals surface area contributed by atoms with Gasteiger partial charge in [-0.15, -0.1) is 0 Å². The Bertz CT molecular complexity index is 1150. The molecule has 2 aromatic carbocycles. The van der Waals surface area contributed by atoms with Crippen molar-refractivity contribution in [3.63, 3.8) is 0 Å². The largest absolute Gasteiger partial charge is 0.487 e. The molecule has 0 aromatic heterocycles. The predicted octanol–water partition coefficient (Wildman–Crippen LogP) is 6.71. The number of benzene rings is 2. The molecule has 0 spiro atoms. The first-order valence-corrected chi connectivity index (χ1v) is 16.4. The highest BCUT2D eigenvalue weighted by Gasteiger charge is 2.45. The first kappa shape index (κ1) is 28.1. The van der Waals surface area contributed by atoms with E-state index < -0.39 is 53.0 Å². The van der Waals surface area contributed by atoms with Crippen LogP contribution in [0.4, 0.5) is 8.78 Å². The Balaban J connectivity index is 1.89. The number of halogens is 3. The van der Waals surface area contributed by atoms with Crippen molar-refractivity contribution in [2.45, 2.75) is 74.6 Å². The molecule has 0 amide bonds. The number of sulfone groups is 1. The lowest BCUT2D eigenvalue weighted by molar-refractivity contribution is -0.0437. The number of hydrogen-bond acceptors (Lipinski definition) is 5. The summed E-state index contributed by atoms with van der Waals surface area (Å²) in [5.74, 6) is -2.10. The van der Waals surface area contributed by atoms with E-state index in [-0.39, 0.29) is 22.1 Å². The minimum Gasteiger partial charge on any atom is -0.487 e. The van der Waals surface area contributed by atoms with Crippen molar-refractivity contribution in [1.82, 2.24) is 0 Å². The van der Waals surface area contributed by atoms with Gasteiger partial charge in [0, 0.05) is 11.6 Å². The van der Waals surface area contributed by atoms with Gasteiger partial charge >= 0.3 is 0 Å². The second-order valence-electron chi connectivity index (χ2n) is 10.4. The molecule has 0 saturated heterocycles. The van der Waals surface area contributed by atoms with Crippen LogP contribution in [0.2, 0.25) is 23.2 Å². The summed E-state index contributed by atoms with van der Waals surface area (Å²) in [6.07, 6.45) is -0.952. The van der Waals surface area contributed by atoms with Crippen molar-refractivity contribution < 1.29 is 31.1 Å². The molecule has 0 bridgehead atoms. The molecule has 3 atom stereocenters. The van der Waals surface area contributed by atoms with Crippen LogP contribution in [-0.2, 0) is 19.0 Å². The van der Waals surface area contributed by atoms with Gasteiger partial charge in [-0.2, -0.15) is 0 Å². The Kier molecular flexibility index (Phi) is 8.38. The zero-order chi connectivity index (χ0) is 26.2. The Hall–Kier alpha value is -1.52. The number of hydrogen-bond donors (Lipinski definition) is 0. The predicted molar refractivity (Wildman–Crippen MR) is 135 cm³/mol. The molecule has 35 heavy (non-hydrogen) atoms. The fourth-order valence-electron chi connectivity index (χ4n) is 3.70. The summed E-state index contributed by atoms with van der Waals surface area (Å²) in [6, 6.07) is 7.39. The highest BCUT2D eigenvalue weighted by molar-refractivity contribution is 7.91. The minimum absolute atomic E-state index is 0.0529. The van der Waals surface area contributed by atoms with Crippen LogP contribution in [-0.4, -0.2) is 42.2 Å². The smallest absolute Gasteiger partial charge is 0.191 e. The van der Waals surface area contributed by atoms with Gasteiger partial charge in [0.15, 0.2) is 29.7 Å². The van der Waals surface area contributed by atoms with Crippen LogP contribution in [0.15, 0.2) is 41.3 Å². The van der Waals surface area contributed by atoms with Crippen LogP contribution in [0.1, 0.15) is 44.9 Å². The van der Waals surface area contributed by atoms with Crippen LogP contribution < -0.4 is 4.74 Å². The molecule has 0 aliphatic carbocycles. The third-order valence-electron chi connectivity index (χ3n) is 6.79. The molecule has 3 rings (SSSR count). The van der Waals surface area contributed by atoms with E-state index in [1.54, 1.807) is 6.92 Å². The second-order valence-corrected chi connectivity index (χ2v) is 17.7. The van der Waals surface area contributed by atoms with Crippen molar-refractivity contribution in [3.8, 4) is 5.75 Å². The van der Waals surface area contributed by atoms with E-state index in [2.05, 4.69) is 33.9 Å². The van der Waals surface area contributed by atoms with Gasteiger partial charge in [-0.25, -0.2) is 17.2 Å².